The van der Waals surface area contributed by atoms with Gasteiger partial charge in [-0.05, 0) is 61.1 Å². The third-order valence-electron chi connectivity index (χ3n) is 7.14. The van der Waals surface area contributed by atoms with Crippen molar-refractivity contribution in [3.05, 3.63) is 69.8 Å². The number of allylic oxidation sites excluding steroid dienone is 2. The third-order valence-corrected chi connectivity index (χ3v) is 7.14. The number of aromatic nitrogens is 1. The fourth-order valence-electron chi connectivity index (χ4n) is 5.54. The highest BCUT2D eigenvalue weighted by atomic mass is 16.3. The number of fused-ring (bicyclic) bond motifs is 3. The fourth-order valence-corrected chi connectivity index (χ4v) is 5.54. The summed E-state index contributed by atoms with van der Waals surface area (Å²) >= 11 is 0. The van der Waals surface area contributed by atoms with Crippen molar-refractivity contribution in [2.24, 2.45) is 17.6 Å². The first kappa shape index (κ1) is 21.8. The molecule has 0 spiro atoms. The van der Waals surface area contributed by atoms with E-state index >= 15 is 0 Å². The van der Waals surface area contributed by atoms with Gasteiger partial charge in [0.1, 0.15) is 22.8 Å². The lowest BCUT2D eigenvalue weighted by Crippen LogP contribution is -2.57. The monoisotopic (exact) mass is 462 g/mol. The Hall–Kier alpha value is -3.98. The van der Waals surface area contributed by atoms with Gasteiger partial charge in [0, 0.05) is 29.7 Å². The molecule has 0 saturated heterocycles. The summed E-state index contributed by atoms with van der Waals surface area (Å²) in [5, 5.41) is 43.1. The average Bonchev–Trinajstić information content (AvgIpc) is 2.76. The highest BCUT2D eigenvalue weighted by Crippen LogP contribution is 2.52. The van der Waals surface area contributed by atoms with Gasteiger partial charge in [0.25, 0.3) is 5.91 Å². The maximum Gasteiger partial charge on any atom is 0.255 e. The van der Waals surface area contributed by atoms with Crippen molar-refractivity contribution < 1.29 is 34.8 Å². The first-order chi connectivity index (χ1) is 16.1. The van der Waals surface area contributed by atoms with E-state index in [-0.39, 0.29) is 36.1 Å². The van der Waals surface area contributed by atoms with Crippen molar-refractivity contribution in [2.75, 3.05) is 0 Å². The zero-order valence-electron chi connectivity index (χ0n) is 18.2. The van der Waals surface area contributed by atoms with Gasteiger partial charge >= 0.3 is 0 Å². The van der Waals surface area contributed by atoms with Gasteiger partial charge in [-0.3, -0.25) is 19.4 Å². The van der Waals surface area contributed by atoms with Crippen molar-refractivity contribution in [1.82, 2.24) is 4.98 Å². The zero-order chi connectivity index (χ0) is 24.5. The van der Waals surface area contributed by atoms with Crippen LogP contribution in [0.25, 0.3) is 11.3 Å². The smallest absolute Gasteiger partial charge is 0.255 e. The number of aryl methyl sites for hydroxylation is 1. The van der Waals surface area contributed by atoms with Crippen LogP contribution in [0, 0.1) is 18.8 Å². The van der Waals surface area contributed by atoms with Crippen LogP contribution in [0.2, 0.25) is 0 Å². The van der Waals surface area contributed by atoms with Crippen LogP contribution < -0.4 is 5.73 Å². The summed E-state index contributed by atoms with van der Waals surface area (Å²) in [5.41, 5.74) is 4.42. The lowest BCUT2D eigenvalue weighted by atomic mass is 9.60. The molecule has 0 unspecified atom stereocenters. The molecule has 3 aliphatic carbocycles. The summed E-state index contributed by atoms with van der Waals surface area (Å²) in [6, 6.07) is 6.73. The van der Waals surface area contributed by atoms with E-state index in [0.717, 1.165) is 5.56 Å². The van der Waals surface area contributed by atoms with Crippen LogP contribution >= 0.6 is 0 Å². The standard InChI is InChI=1S/C25H22N2O7/c1-10-4-5-27-15(6-10)13-2-3-16(28)19-14(13)8-11-7-12-9-17(29)20(24(26)33)23(32)25(12,34)22(31)18(11)21(19)30/h2-6,11-12,28-29,31,34H,7-9H2,1H3,(H2,26,33)/t11-,12+,25+/m1/s1. The topological polar surface area (TPSA) is 171 Å². The second-order valence-electron chi connectivity index (χ2n) is 9.11. The Morgan fingerprint density at radius 2 is 1.88 bits per heavy atom. The highest BCUT2D eigenvalue weighted by Gasteiger charge is 2.59. The van der Waals surface area contributed by atoms with E-state index in [1.165, 1.54) is 6.07 Å². The molecule has 1 aromatic carbocycles. The van der Waals surface area contributed by atoms with E-state index in [2.05, 4.69) is 4.98 Å². The number of aliphatic hydroxyl groups is 3. The maximum absolute atomic E-state index is 13.6. The molecule has 34 heavy (non-hydrogen) atoms. The number of aliphatic hydroxyl groups excluding tert-OH is 2. The highest BCUT2D eigenvalue weighted by molar-refractivity contribution is 6.24. The van der Waals surface area contributed by atoms with E-state index < -0.39 is 52.0 Å². The Morgan fingerprint density at radius 1 is 1.15 bits per heavy atom. The van der Waals surface area contributed by atoms with Gasteiger partial charge in [-0.2, -0.15) is 0 Å². The number of amides is 1. The Bertz CT molecular complexity index is 1370. The summed E-state index contributed by atoms with van der Waals surface area (Å²) < 4.78 is 0. The van der Waals surface area contributed by atoms with E-state index in [0.29, 0.717) is 16.8 Å². The van der Waals surface area contributed by atoms with Gasteiger partial charge in [0.2, 0.25) is 5.78 Å². The van der Waals surface area contributed by atoms with E-state index in [4.69, 9.17) is 5.73 Å². The number of ketones is 2. The maximum atomic E-state index is 13.6. The third kappa shape index (κ3) is 2.83. The molecule has 0 bridgehead atoms. The molecule has 174 valence electrons. The lowest BCUT2D eigenvalue weighted by molar-refractivity contribution is -0.144. The van der Waals surface area contributed by atoms with Crippen LogP contribution in [0.5, 0.6) is 5.75 Å². The Balaban J connectivity index is 1.69. The molecule has 1 amide bonds. The molecule has 3 atom stereocenters. The van der Waals surface area contributed by atoms with Gasteiger partial charge in [-0.15, -0.1) is 0 Å². The fraction of sp³-hybridized carbons (Fsp3) is 0.280. The molecule has 9 nitrogen and oxygen atoms in total. The number of phenols is 1. The van der Waals surface area contributed by atoms with Gasteiger partial charge in [-0.25, -0.2) is 0 Å². The first-order valence-corrected chi connectivity index (χ1v) is 10.8. The second kappa shape index (κ2) is 7.26. The SMILES string of the molecule is Cc1ccnc(-c2ccc(O)c3c2C[C@H]2C[C@H]4CC(O)=C(C(N)=O)C(=O)[C@@]4(O)C(O)=C2C3=O)c1. The van der Waals surface area contributed by atoms with Gasteiger partial charge in [0.05, 0.1) is 11.3 Å². The van der Waals surface area contributed by atoms with E-state index in [1.54, 1.807) is 12.3 Å². The van der Waals surface area contributed by atoms with Gasteiger partial charge in [0.15, 0.2) is 11.4 Å². The first-order valence-electron chi connectivity index (χ1n) is 10.8. The number of carbonyl (C=O) groups is 3. The Kier molecular flexibility index (Phi) is 4.66. The quantitative estimate of drug-likeness (QED) is 0.421. The molecule has 1 aromatic heterocycles. The zero-order valence-corrected chi connectivity index (χ0v) is 18.2. The Labute approximate surface area is 193 Å². The normalized spacial score (nSPS) is 26.2. The molecule has 0 aliphatic heterocycles. The van der Waals surface area contributed by atoms with E-state index in [9.17, 15) is 34.8 Å². The predicted molar refractivity (Wildman–Crippen MR) is 119 cm³/mol. The minimum atomic E-state index is -2.57. The molecule has 3 aliphatic rings. The van der Waals surface area contributed by atoms with Crippen LogP contribution in [0.4, 0.5) is 0 Å². The number of nitrogens with zero attached hydrogens (tertiary/aromatic N) is 1. The molecular formula is C25H22N2O7. The minimum absolute atomic E-state index is 0.0302. The summed E-state index contributed by atoms with van der Waals surface area (Å²) in [7, 11) is 0. The summed E-state index contributed by atoms with van der Waals surface area (Å²) in [4.78, 5) is 42.6. The predicted octanol–water partition coefficient (Wildman–Crippen LogP) is 1.95. The molecule has 1 heterocycles. The van der Waals surface area contributed by atoms with Crippen molar-refractivity contribution >= 4 is 17.5 Å². The second-order valence-corrected chi connectivity index (χ2v) is 9.11. The number of rotatable bonds is 2. The molecule has 9 heteroatoms. The molecular weight excluding hydrogens is 440 g/mol. The Morgan fingerprint density at radius 3 is 2.56 bits per heavy atom. The molecule has 0 radical (unpaired) electrons. The van der Waals surface area contributed by atoms with Crippen LogP contribution in [-0.4, -0.2) is 48.5 Å². The van der Waals surface area contributed by atoms with E-state index in [1.807, 2.05) is 19.1 Å². The number of aromatic hydroxyl groups is 1. The van der Waals surface area contributed by atoms with Crippen LogP contribution in [0.1, 0.15) is 34.3 Å². The number of hydrogen-bond donors (Lipinski definition) is 5. The molecule has 5 rings (SSSR count). The van der Waals surface area contributed by atoms with Crippen LogP contribution in [-0.2, 0) is 16.0 Å². The number of hydrogen-bond acceptors (Lipinski definition) is 8. The number of primary amides is 1. The van der Waals surface area contributed by atoms with Crippen molar-refractivity contribution in [3.8, 4) is 17.0 Å². The molecule has 2 aromatic rings. The summed E-state index contributed by atoms with van der Waals surface area (Å²) in [6.07, 6.45) is 1.69. The number of nitrogens with two attached hydrogens (primary N) is 1. The molecule has 0 fully saturated rings. The van der Waals surface area contributed by atoms with Gasteiger partial charge in [-0.1, -0.05) is 0 Å². The number of phenolic OH excluding ortho intramolecular Hbond substituents is 1. The number of benzene rings is 1. The molecule has 6 N–H and O–H groups in total. The van der Waals surface area contributed by atoms with Crippen molar-refractivity contribution in [1.29, 1.82) is 0 Å². The van der Waals surface area contributed by atoms with Crippen molar-refractivity contribution in [2.45, 2.75) is 31.8 Å². The largest absolute Gasteiger partial charge is 0.511 e. The summed E-state index contributed by atoms with van der Waals surface area (Å²) in [6.45, 7) is 1.91. The van der Waals surface area contributed by atoms with Crippen LogP contribution in [0.15, 0.2) is 53.1 Å². The number of carbonyl (C=O) groups excluding carboxylic acids is 3. The number of Topliss-reactive ketones (excluding diaryl/α,β-unsaturated/α-hetero) is 2. The van der Waals surface area contributed by atoms with Crippen LogP contribution in [0.3, 0.4) is 0 Å². The summed E-state index contributed by atoms with van der Waals surface area (Å²) in [5.74, 6) is -6.45. The van der Waals surface area contributed by atoms with Crippen molar-refractivity contribution in [3.63, 3.8) is 0 Å². The lowest BCUT2D eigenvalue weighted by Gasteiger charge is -2.45. The molecule has 0 saturated carbocycles. The average molecular weight is 462 g/mol. The van der Waals surface area contributed by atoms with Gasteiger partial charge < -0.3 is 26.2 Å². The minimum Gasteiger partial charge on any atom is -0.511 e. The number of pyridine rings is 1.